The van der Waals surface area contributed by atoms with Gasteiger partial charge in [-0.25, -0.2) is 4.98 Å². The highest BCUT2D eigenvalue weighted by Gasteiger charge is 2.63. The van der Waals surface area contributed by atoms with Gasteiger partial charge in [-0.2, -0.15) is 0 Å². The maximum atomic E-state index is 14.4. The van der Waals surface area contributed by atoms with Crippen LogP contribution in [0.5, 0.6) is 11.6 Å². The molecule has 2 aliphatic heterocycles. The van der Waals surface area contributed by atoms with Crippen molar-refractivity contribution < 1.29 is 38.1 Å². The van der Waals surface area contributed by atoms with Crippen LogP contribution in [0.15, 0.2) is 37.1 Å². The number of ketones is 1. The first-order valence-electron chi connectivity index (χ1n) is 16.6. The topological polar surface area (TPSA) is 132 Å². The number of benzene rings is 1. The quantitative estimate of drug-likeness (QED) is 0.225. The lowest BCUT2D eigenvalue weighted by Gasteiger charge is -2.35. The molecule has 0 spiro atoms. The molecule has 10 nitrogen and oxygen atoms in total. The second-order valence-corrected chi connectivity index (χ2v) is 17.6. The van der Waals surface area contributed by atoms with Crippen LogP contribution < -0.4 is 9.47 Å². The van der Waals surface area contributed by atoms with E-state index < -0.39 is 42.0 Å². The molecule has 4 bridgehead atoms. The van der Waals surface area contributed by atoms with Gasteiger partial charge in [0.15, 0.2) is 5.78 Å². The first-order valence-corrected chi connectivity index (χ1v) is 18.7. The third kappa shape index (κ3) is 7.29. The second-order valence-electron chi connectivity index (χ2n) is 15.0. The normalized spacial score (nSPS) is 30.1. The van der Waals surface area contributed by atoms with E-state index in [-0.39, 0.29) is 55.9 Å². The summed E-state index contributed by atoms with van der Waals surface area (Å²) in [5.74, 6) is -0.801. The predicted molar refractivity (Wildman–Crippen MR) is 180 cm³/mol. The number of rotatable bonds is 6. The van der Waals surface area contributed by atoms with Crippen LogP contribution in [0.4, 0.5) is 0 Å². The maximum absolute atomic E-state index is 14.4. The summed E-state index contributed by atoms with van der Waals surface area (Å²) in [4.78, 5) is 58.5. The van der Waals surface area contributed by atoms with E-state index in [4.69, 9.17) is 14.2 Å². The Bertz CT molecular complexity index is 1600. The summed E-state index contributed by atoms with van der Waals surface area (Å²) in [6, 6.07) is 5.00. The number of carbonyl (C=O) groups excluding carboxylic acids is 3. The van der Waals surface area contributed by atoms with Gasteiger partial charge in [0.2, 0.25) is 19.2 Å². The Morgan fingerprint density at radius 2 is 2.04 bits per heavy atom. The Labute approximate surface area is 277 Å². The van der Waals surface area contributed by atoms with E-state index in [1.807, 2.05) is 45.9 Å². The highest BCUT2D eigenvalue weighted by Crippen LogP contribution is 2.71. The number of amides is 1. The van der Waals surface area contributed by atoms with E-state index in [0.29, 0.717) is 12.3 Å². The number of hydrogen-bond acceptors (Lipinski definition) is 8. The van der Waals surface area contributed by atoms with Gasteiger partial charge in [0.25, 0.3) is 0 Å². The van der Waals surface area contributed by atoms with Crippen molar-refractivity contribution in [1.82, 2.24) is 9.88 Å². The van der Waals surface area contributed by atoms with E-state index >= 15 is 0 Å². The number of hydrogen-bond donors (Lipinski definition) is 1. The molecule has 1 aromatic heterocycles. The zero-order valence-electron chi connectivity index (χ0n) is 28.5. The van der Waals surface area contributed by atoms with Gasteiger partial charge in [0.1, 0.15) is 11.9 Å². The Morgan fingerprint density at radius 3 is 2.68 bits per heavy atom. The molecule has 256 valence electrons. The molecule has 7 atom stereocenters. The van der Waals surface area contributed by atoms with E-state index in [2.05, 4.69) is 11.6 Å². The Hall–Kier alpha value is -3.23. The number of pyridine rings is 1. The summed E-state index contributed by atoms with van der Waals surface area (Å²) in [7, 11) is -2.02. The van der Waals surface area contributed by atoms with Crippen molar-refractivity contribution in [1.29, 1.82) is 0 Å². The minimum Gasteiger partial charge on any atom is -0.496 e. The highest BCUT2D eigenvalue weighted by molar-refractivity contribution is 7.59. The van der Waals surface area contributed by atoms with E-state index in [0.717, 1.165) is 41.3 Å². The minimum atomic E-state index is -3.66. The van der Waals surface area contributed by atoms with Gasteiger partial charge in [-0.3, -0.25) is 18.9 Å². The lowest BCUT2D eigenvalue weighted by molar-refractivity contribution is -0.153. The summed E-state index contributed by atoms with van der Waals surface area (Å²) >= 11 is 0. The standard InChI is InChI=1S/C36H49N2O8P/c1-8-25-18-36(25,47(7,42)43)19-30(39)29-16-26-20-38(29)34(41)28(35(3,4)5)17-32(40)45-21-22(2)10-9-11-24-14-27-23(15-31(24)44-6)12-13-37-33(27)46-26/h8,12-15,22,25-26,28-29H,1,9-11,16-21H2,2-7H3,(H,42,43)/t22-,25?,26-,28-,29+,36?/m1/s1. The number of esters is 1. The van der Waals surface area contributed by atoms with Crippen LogP contribution in [0, 0.1) is 23.2 Å². The Kier molecular flexibility index (Phi) is 9.96. The van der Waals surface area contributed by atoms with Crippen molar-refractivity contribution >= 4 is 35.8 Å². The number of cyclic esters (lactones) is 1. The van der Waals surface area contributed by atoms with Gasteiger partial charge < -0.3 is 24.0 Å². The molecule has 11 heteroatoms. The fourth-order valence-corrected chi connectivity index (χ4v) is 9.01. The molecule has 1 aromatic carbocycles. The van der Waals surface area contributed by atoms with Crippen LogP contribution >= 0.6 is 7.37 Å². The summed E-state index contributed by atoms with van der Waals surface area (Å²) < 4.78 is 30.9. The molecule has 1 amide bonds. The van der Waals surface area contributed by atoms with Crippen molar-refractivity contribution in [3.63, 3.8) is 0 Å². The van der Waals surface area contributed by atoms with Crippen LogP contribution in [0.25, 0.3) is 10.8 Å². The molecule has 1 saturated carbocycles. The second kappa shape index (κ2) is 13.3. The van der Waals surface area contributed by atoms with Crippen LogP contribution in [0.3, 0.4) is 0 Å². The highest BCUT2D eigenvalue weighted by atomic mass is 31.2. The van der Waals surface area contributed by atoms with Gasteiger partial charge in [-0.15, -0.1) is 6.58 Å². The molecule has 3 unspecified atom stereocenters. The summed E-state index contributed by atoms with van der Waals surface area (Å²) in [5.41, 5.74) is 0.393. The van der Waals surface area contributed by atoms with Gasteiger partial charge in [0.05, 0.1) is 43.8 Å². The number of allylic oxidation sites excluding steroid dienone is 1. The number of aryl methyl sites for hydroxylation is 1. The molecule has 5 rings (SSSR count). The lowest BCUT2D eigenvalue weighted by Crippen LogP contribution is -2.48. The molecule has 47 heavy (non-hydrogen) atoms. The van der Waals surface area contributed by atoms with Crippen molar-refractivity contribution in [2.75, 3.05) is 26.9 Å². The number of carbonyl (C=O) groups is 3. The Balaban J connectivity index is 1.54. The molecular weight excluding hydrogens is 619 g/mol. The number of ether oxygens (including phenoxy) is 3. The SMILES string of the molecule is C=CC1CC1(CC(=O)[C@@H]1C[C@@H]2CN1C(=O)[C@H](C(C)(C)C)CC(=O)OC[C@H](C)CCCc1cc3c(nccc3cc1OC)O2)P(C)(=O)O. The first kappa shape index (κ1) is 35.1. The third-order valence-corrected chi connectivity index (χ3v) is 12.7. The van der Waals surface area contributed by atoms with Crippen molar-refractivity contribution in [2.24, 2.45) is 23.2 Å². The zero-order chi connectivity index (χ0) is 34.3. The predicted octanol–water partition coefficient (Wildman–Crippen LogP) is 5.96. The molecule has 3 aliphatic rings. The monoisotopic (exact) mass is 668 g/mol. The van der Waals surface area contributed by atoms with Crippen LogP contribution in [0.2, 0.25) is 0 Å². The molecular formula is C36H49N2O8P. The molecule has 2 fully saturated rings. The van der Waals surface area contributed by atoms with Crippen molar-refractivity contribution in [3.05, 3.63) is 42.6 Å². The van der Waals surface area contributed by atoms with Gasteiger partial charge in [0, 0.05) is 31.1 Å². The van der Waals surface area contributed by atoms with Crippen molar-refractivity contribution in [3.8, 4) is 11.6 Å². The average Bonchev–Trinajstić information content (AvgIpc) is 3.57. The molecule has 3 heterocycles. The van der Waals surface area contributed by atoms with Crippen LogP contribution in [0.1, 0.15) is 71.8 Å². The number of fused-ring (bicyclic) bond motifs is 3. The molecule has 1 N–H and O–H groups in total. The summed E-state index contributed by atoms with van der Waals surface area (Å²) in [5, 5.41) is 0.622. The molecule has 0 radical (unpaired) electrons. The number of nitrogens with zero attached hydrogens (tertiary/aromatic N) is 2. The van der Waals surface area contributed by atoms with Gasteiger partial charge in [-0.1, -0.05) is 33.8 Å². The van der Waals surface area contributed by atoms with Gasteiger partial charge in [-0.05, 0) is 72.1 Å². The van der Waals surface area contributed by atoms with E-state index in [9.17, 15) is 23.8 Å². The smallest absolute Gasteiger partial charge is 0.306 e. The Morgan fingerprint density at radius 1 is 1.30 bits per heavy atom. The van der Waals surface area contributed by atoms with Crippen LogP contribution in [-0.2, 0) is 30.1 Å². The lowest BCUT2D eigenvalue weighted by atomic mass is 9.77. The largest absolute Gasteiger partial charge is 0.496 e. The van der Waals surface area contributed by atoms with Gasteiger partial charge >= 0.3 is 5.97 Å². The number of aromatic nitrogens is 1. The first-order chi connectivity index (χ1) is 22.1. The summed E-state index contributed by atoms with van der Waals surface area (Å²) in [6.45, 7) is 13.2. The maximum Gasteiger partial charge on any atom is 0.306 e. The minimum absolute atomic E-state index is 0.107. The number of Topliss-reactive ketones (excluding diaryl/α,β-unsaturated/α-hetero) is 1. The number of methoxy groups -OCH3 is 1. The zero-order valence-corrected chi connectivity index (χ0v) is 29.4. The molecule has 1 saturated heterocycles. The third-order valence-electron chi connectivity index (χ3n) is 10.4. The average molecular weight is 669 g/mol. The van der Waals surface area contributed by atoms with E-state index in [1.165, 1.54) is 11.6 Å². The van der Waals surface area contributed by atoms with Crippen LogP contribution in [-0.4, -0.2) is 76.7 Å². The molecule has 1 aliphatic carbocycles. The van der Waals surface area contributed by atoms with E-state index in [1.54, 1.807) is 19.4 Å². The fourth-order valence-electron chi connectivity index (χ4n) is 7.31. The van der Waals surface area contributed by atoms with Crippen molar-refractivity contribution in [2.45, 2.75) is 89.9 Å². The fraction of sp³-hybridized carbons (Fsp3) is 0.611. The molecule has 2 aromatic rings. The summed E-state index contributed by atoms with van der Waals surface area (Å²) in [6.07, 6.45) is 5.49.